The Balaban J connectivity index is 2.89. The van der Waals surface area contributed by atoms with E-state index in [2.05, 4.69) is 25.7 Å². The Morgan fingerprint density at radius 3 is 3.00 bits per heavy atom. The Kier molecular flexibility index (Phi) is 3.42. The number of nitrogens with zero attached hydrogens (tertiary/aromatic N) is 1. The van der Waals surface area contributed by atoms with Gasteiger partial charge in [0, 0.05) is 6.20 Å². The van der Waals surface area contributed by atoms with Crippen molar-refractivity contribution in [3.05, 3.63) is 28.0 Å². The van der Waals surface area contributed by atoms with E-state index < -0.39 is 0 Å². The summed E-state index contributed by atoms with van der Waals surface area (Å²) >= 11 is 3.29. The maximum atomic E-state index is 11.0. The summed E-state index contributed by atoms with van der Waals surface area (Å²) in [5.41, 5.74) is 1.92. The summed E-state index contributed by atoms with van der Waals surface area (Å²) in [6.45, 7) is 1.91. The molecule has 0 saturated heterocycles. The van der Waals surface area contributed by atoms with Crippen LogP contribution in [0.5, 0.6) is 0 Å². The van der Waals surface area contributed by atoms with E-state index in [-0.39, 0.29) is 5.97 Å². The summed E-state index contributed by atoms with van der Waals surface area (Å²) in [7, 11) is 1.38. The van der Waals surface area contributed by atoms with Gasteiger partial charge in [0.2, 0.25) is 0 Å². The van der Waals surface area contributed by atoms with Crippen molar-refractivity contribution in [3.63, 3.8) is 0 Å². The van der Waals surface area contributed by atoms with Crippen molar-refractivity contribution >= 4 is 21.9 Å². The summed E-state index contributed by atoms with van der Waals surface area (Å²) < 4.78 is 5.35. The summed E-state index contributed by atoms with van der Waals surface area (Å²) in [5.74, 6) is -0.235. The molecule has 0 bridgehead atoms. The summed E-state index contributed by atoms with van der Waals surface area (Å²) in [6.07, 6.45) is 1.96. The number of carbonyl (C=O) groups is 1. The number of hydrogen-bond donors (Lipinski definition) is 0. The number of rotatable bonds is 2. The number of esters is 1. The van der Waals surface area contributed by atoms with E-state index in [4.69, 9.17) is 0 Å². The smallest absolute Gasteiger partial charge is 0.309 e. The van der Waals surface area contributed by atoms with Crippen LogP contribution in [0.2, 0.25) is 0 Å². The van der Waals surface area contributed by atoms with Gasteiger partial charge in [-0.2, -0.15) is 0 Å². The van der Waals surface area contributed by atoms with Gasteiger partial charge >= 0.3 is 5.97 Å². The molecule has 0 aliphatic carbocycles. The van der Waals surface area contributed by atoms with Crippen molar-refractivity contribution in [2.45, 2.75) is 13.3 Å². The van der Waals surface area contributed by atoms with Crippen molar-refractivity contribution in [2.75, 3.05) is 7.11 Å². The number of aromatic nitrogens is 1. The van der Waals surface area contributed by atoms with Crippen LogP contribution in [0.25, 0.3) is 0 Å². The van der Waals surface area contributed by atoms with Gasteiger partial charge in [-0.15, -0.1) is 0 Å². The van der Waals surface area contributed by atoms with Crippen LogP contribution in [0.3, 0.4) is 0 Å². The second kappa shape index (κ2) is 4.37. The maximum absolute atomic E-state index is 11.0. The fourth-order valence-corrected chi connectivity index (χ4v) is 1.34. The van der Waals surface area contributed by atoms with Gasteiger partial charge in [0.25, 0.3) is 0 Å². The normalized spacial score (nSPS) is 9.77. The first-order valence-electron chi connectivity index (χ1n) is 3.82. The zero-order chi connectivity index (χ0) is 9.84. The number of halogens is 1. The molecule has 0 saturated carbocycles. The van der Waals surface area contributed by atoms with Gasteiger partial charge in [0.15, 0.2) is 0 Å². The lowest BCUT2D eigenvalue weighted by Gasteiger charge is -2.04. The Hall–Kier alpha value is -0.900. The molecule has 0 radical (unpaired) electrons. The van der Waals surface area contributed by atoms with E-state index in [1.165, 1.54) is 7.11 Å². The number of methoxy groups -OCH3 is 1. The Labute approximate surface area is 85.3 Å². The molecule has 0 aliphatic rings. The highest BCUT2D eigenvalue weighted by Crippen LogP contribution is 2.16. The molecule has 0 aromatic carbocycles. The Bertz CT molecular complexity index is 325. The van der Waals surface area contributed by atoms with Gasteiger partial charge in [0.1, 0.15) is 4.60 Å². The molecule has 0 N–H and O–H groups in total. The lowest BCUT2D eigenvalue weighted by Crippen LogP contribution is -2.06. The van der Waals surface area contributed by atoms with Gasteiger partial charge in [-0.3, -0.25) is 4.79 Å². The fourth-order valence-electron chi connectivity index (χ4n) is 0.966. The number of hydrogen-bond acceptors (Lipinski definition) is 3. The van der Waals surface area contributed by atoms with E-state index >= 15 is 0 Å². The molecule has 3 nitrogen and oxygen atoms in total. The third-order valence-electron chi connectivity index (χ3n) is 1.82. The molecule has 70 valence electrons. The molecule has 0 fully saturated rings. The van der Waals surface area contributed by atoms with Crippen LogP contribution < -0.4 is 0 Å². The summed E-state index contributed by atoms with van der Waals surface area (Å²) in [5, 5.41) is 0. The van der Waals surface area contributed by atoms with Crippen LogP contribution in [0, 0.1) is 6.92 Å². The van der Waals surface area contributed by atoms with E-state index in [0.717, 1.165) is 15.7 Å². The second-order valence-corrected chi connectivity index (χ2v) is 3.39. The van der Waals surface area contributed by atoms with E-state index in [9.17, 15) is 4.79 Å². The Morgan fingerprint density at radius 2 is 2.38 bits per heavy atom. The predicted octanol–water partition coefficient (Wildman–Crippen LogP) is 1.87. The lowest BCUT2D eigenvalue weighted by atomic mass is 10.1. The first kappa shape index (κ1) is 10.2. The van der Waals surface area contributed by atoms with Crippen molar-refractivity contribution in [1.82, 2.24) is 4.98 Å². The second-order valence-electron chi connectivity index (χ2n) is 2.64. The van der Waals surface area contributed by atoms with Gasteiger partial charge in [0.05, 0.1) is 13.5 Å². The van der Waals surface area contributed by atoms with Crippen molar-refractivity contribution < 1.29 is 9.53 Å². The predicted molar refractivity (Wildman–Crippen MR) is 52.4 cm³/mol. The number of carbonyl (C=O) groups excluding carboxylic acids is 1. The molecular formula is C9H10BrNO2. The average molecular weight is 244 g/mol. The monoisotopic (exact) mass is 243 g/mol. The van der Waals surface area contributed by atoms with Crippen LogP contribution in [-0.4, -0.2) is 18.1 Å². The third-order valence-corrected chi connectivity index (χ3v) is 2.62. The number of ether oxygens (including phenoxy) is 1. The highest BCUT2D eigenvalue weighted by Gasteiger charge is 2.07. The summed E-state index contributed by atoms with van der Waals surface area (Å²) in [6, 6.07) is 1.82. The van der Waals surface area contributed by atoms with Crippen molar-refractivity contribution in [2.24, 2.45) is 0 Å². The highest BCUT2D eigenvalue weighted by atomic mass is 79.9. The summed E-state index contributed by atoms with van der Waals surface area (Å²) in [4.78, 5) is 15.0. The van der Waals surface area contributed by atoms with Gasteiger partial charge in [-0.1, -0.05) is 0 Å². The SMILES string of the molecule is COC(=O)Cc1ccnc(Br)c1C. The van der Waals surface area contributed by atoms with Crippen molar-refractivity contribution in [1.29, 1.82) is 0 Å². The standard InChI is InChI=1S/C9H10BrNO2/c1-6-7(5-8(12)13-2)3-4-11-9(6)10/h3-4H,5H2,1-2H3. The van der Waals surface area contributed by atoms with E-state index in [1.807, 2.05) is 13.0 Å². The molecule has 13 heavy (non-hydrogen) atoms. The molecule has 0 spiro atoms. The topological polar surface area (TPSA) is 39.2 Å². The van der Waals surface area contributed by atoms with Crippen LogP contribution in [0.15, 0.2) is 16.9 Å². The minimum absolute atomic E-state index is 0.235. The fraction of sp³-hybridized carbons (Fsp3) is 0.333. The quantitative estimate of drug-likeness (QED) is 0.588. The first-order valence-corrected chi connectivity index (χ1v) is 4.61. The lowest BCUT2D eigenvalue weighted by molar-refractivity contribution is -0.139. The highest BCUT2D eigenvalue weighted by molar-refractivity contribution is 9.10. The molecule has 0 unspecified atom stereocenters. The molecule has 0 amide bonds. The van der Waals surface area contributed by atoms with E-state index in [1.54, 1.807) is 6.20 Å². The largest absolute Gasteiger partial charge is 0.469 e. The molecule has 0 atom stereocenters. The molecule has 4 heteroatoms. The molecule has 1 heterocycles. The molecule has 1 aromatic heterocycles. The van der Waals surface area contributed by atoms with E-state index in [0.29, 0.717) is 6.42 Å². The molecular weight excluding hydrogens is 234 g/mol. The van der Waals surface area contributed by atoms with Crippen molar-refractivity contribution in [3.8, 4) is 0 Å². The zero-order valence-electron chi connectivity index (χ0n) is 7.50. The minimum atomic E-state index is -0.235. The Morgan fingerprint density at radius 1 is 1.69 bits per heavy atom. The van der Waals surface area contributed by atoms with Crippen LogP contribution >= 0.6 is 15.9 Å². The molecule has 1 rings (SSSR count). The third kappa shape index (κ3) is 2.52. The van der Waals surface area contributed by atoms with Gasteiger partial charge in [-0.05, 0) is 40.0 Å². The molecule has 1 aromatic rings. The van der Waals surface area contributed by atoms with Crippen LogP contribution in [0.4, 0.5) is 0 Å². The number of pyridine rings is 1. The molecule has 0 aliphatic heterocycles. The average Bonchev–Trinajstić information content (AvgIpc) is 2.13. The van der Waals surface area contributed by atoms with Gasteiger partial charge in [-0.25, -0.2) is 4.98 Å². The van der Waals surface area contributed by atoms with Gasteiger partial charge < -0.3 is 4.74 Å². The zero-order valence-corrected chi connectivity index (χ0v) is 9.09. The van der Waals surface area contributed by atoms with Crippen LogP contribution in [-0.2, 0) is 16.0 Å². The minimum Gasteiger partial charge on any atom is -0.469 e. The first-order chi connectivity index (χ1) is 6.15. The van der Waals surface area contributed by atoms with Crippen LogP contribution in [0.1, 0.15) is 11.1 Å². The maximum Gasteiger partial charge on any atom is 0.309 e.